The molecule has 0 saturated carbocycles. The van der Waals surface area contributed by atoms with Gasteiger partial charge in [0.05, 0.1) is 0 Å². The minimum atomic E-state index is -5.67. The standard InChI is InChI=1S/C10H8BrF2O5P/c11-7-4-2-1-3-6(7)9-17-5-8(18-9)10(12,13)19(14,15)16/h1-5,9H,(H2,14,15,16). The number of hydrogen-bond acceptors (Lipinski definition) is 3. The quantitative estimate of drug-likeness (QED) is 0.814. The summed E-state index contributed by atoms with van der Waals surface area (Å²) >= 11 is 3.19. The number of benzene rings is 1. The highest BCUT2D eigenvalue weighted by Crippen LogP contribution is 2.58. The van der Waals surface area contributed by atoms with Crippen molar-refractivity contribution in [1.82, 2.24) is 0 Å². The zero-order valence-corrected chi connectivity index (χ0v) is 11.6. The Balaban J connectivity index is 2.21. The maximum absolute atomic E-state index is 13.4. The summed E-state index contributed by atoms with van der Waals surface area (Å²) in [4.78, 5) is 17.2. The summed E-state index contributed by atoms with van der Waals surface area (Å²) < 4.78 is 47.7. The maximum Gasteiger partial charge on any atom is 0.404 e. The molecule has 0 radical (unpaired) electrons. The lowest BCUT2D eigenvalue weighted by atomic mass is 10.2. The molecule has 0 aliphatic carbocycles. The lowest BCUT2D eigenvalue weighted by molar-refractivity contribution is -0.0637. The van der Waals surface area contributed by atoms with E-state index in [9.17, 15) is 13.3 Å². The average Bonchev–Trinajstić information content (AvgIpc) is 2.77. The van der Waals surface area contributed by atoms with Crippen LogP contribution in [0.4, 0.5) is 8.78 Å². The third-order valence-electron chi connectivity index (χ3n) is 2.35. The molecule has 1 heterocycles. The maximum atomic E-state index is 13.4. The third kappa shape index (κ3) is 2.67. The van der Waals surface area contributed by atoms with Crippen LogP contribution < -0.4 is 0 Å². The van der Waals surface area contributed by atoms with Crippen molar-refractivity contribution < 1.29 is 32.6 Å². The predicted molar refractivity (Wildman–Crippen MR) is 64.1 cm³/mol. The molecule has 0 fully saturated rings. The fourth-order valence-corrected chi connectivity index (χ4v) is 2.25. The van der Waals surface area contributed by atoms with Crippen molar-refractivity contribution >= 4 is 23.5 Å². The molecule has 104 valence electrons. The van der Waals surface area contributed by atoms with E-state index in [1.54, 1.807) is 24.3 Å². The van der Waals surface area contributed by atoms with Gasteiger partial charge >= 0.3 is 13.3 Å². The zero-order valence-electron chi connectivity index (χ0n) is 9.16. The van der Waals surface area contributed by atoms with Crippen molar-refractivity contribution in [3.63, 3.8) is 0 Å². The Kier molecular flexibility index (Phi) is 3.70. The number of alkyl halides is 2. The molecular formula is C10H8BrF2O5P. The monoisotopic (exact) mass is 356 g/mol. The lowest BCUT2D eigenvalue weighted by Crippen LogP contribution is -2.20. The van der Waals surface area contributed by atoms with Gasteiger partial charge in [-0.2, -0.15) is 8.78 Å². The minimum Gasteiger partial charge on any atom is -0.454 e. The van der Waals surface area contributed by atoms with Crippen molar-refractivity contribution in [2.75, 3.05) is 0 Å². The van der Waals surface area contributed by atoms with Crippen molar-refractivity contribution in [1.29, 1.82) is 0 Å². The summed E-state index contributed by atoms with van der Waals surface area (Å²) in [7, 11) is -5.67. The van der Waals surface area contributed by atoms with Crippen molar-refractivity contribution in [2.24, 2.45) is 0 Å². The number of hydrogen-bond donors (Lipinski definition) is 2. The van der Waals surface area contributed by atoms with Gasteiger partial charge in [-0.3, -0.25) is 4.57 Å². The zero-order chi connectivity index (χ0) is 14.3. The van der Waals surface area contributed by atoms with Crippen LogP contribution in [0.1, 0.15) is 11.9 Å². The van der Waals surface area contributed by atoms with E-state index in [1.165, 1.54) is 0 Å². The van der Waals surface area contributed by atoms with E-state index in [2.05, 4.69) is 15.9 Å². The fraction of sp³-hybridized carbons (Fsp3) is 0.200. The SMILES string of the molecule is O=P(O)(O)C(F)(F)C1=COC(c2ccccc2Br)O1. The molecule has 0 saturated heterocycles. The summed E-state index contributed by atoms with van der Waals surface area (Å²) in [6, 6.07) is 6.58. The Hall–Kier alpha value is -0.950. The van der Waals surface area contributed by atoms with Crippen LogP contribution in [0.25, 0.3) is 0 Å². The van der Waals surface area contributed by atoms with Gasteiger partial charge in [-0.15, -0.1) is 0 Å². The molecule has 0 aromatic heterocycles. The predicted octanol–water partition coefficient (Wildman–Crippen LogP) is 3.11. The van der Waals surface area contributed by atoms with Crippen molar-refractivity contribution in [2.45, 2.75) is 12.0 Å². The summed E-state index contributed by atoms with van der Waals surface area (Å²) in [5.41, 5.74) is -3.99. The Bertz CT molecular complexity index is 571. The smallest absolute Gasteiger partial charge is 0.404 e. The molecule has 0 spiro atoms. The molecule has 9 heteroatoms. The molecule has 1 atom stereocenters. The molecule has 2 N–H and O–H groups in total. The number of allylic oxidation sites excluding steroid dienone is 1. The molecule has 1 unspecified atom stereocenters. The van der Waals surface area contributed by atoms with Crippen LogP contribution in [0.2, 0.25) is 0 Å². The normalized spacial score (nSPS) is 19.6. The highest BCUT2D eigenvalue weighted by atomic mass is 79.9. The van der Waals surface area contributed by atoms with E-state index in [4.69, 9.17) is 19.3 Å². The van der Waals surface area contributed by atoms with Gasteiger partial charge in [0.25, 0.3) is 6.29 Å². The lowest BCUT2D eigenvalue weighted by Gasteiger charge is -2.19. The third-order valence-corrected chi connectivity index (χ3v) is 4.03. The Morgan fingerprint density at radius 2 is 1.95 bits per heavy atom. The summed E-state index contributed by atoms with van der Waals surface area (Å²) in [6.45, 7) is 0. The van der Waals surface area contributed by atoms with Crippen LogP contribution in [0.3, 0.4) is 0 Å². The van der Waals surface area contributed by atoms with E-state index in [0.29, 0.717) is 16.3 Å². The second-order valence-corrected chi connectivity index (χ2v) is 6.18. The van der Waals surface area contributed by atoms with Crippen LogP contribution >= 0.6 is 23.5 Å². The number of halogens is 3. The van der Waals surface area contributed by atoms with Crippen LogP contribution in [-0.4, -0.2) is 15.5 Å². The number of ether oxygens (including phenoxy) is 2. The number of rotatable bonds is 3. The van der Waals surface area contributed by atoms with Crippen molar-refractivity contribution in [3.8, 4) is 0 Å². The highest BCUT2D eigenvalue weighted by molar-refractivity contribution is 9.10. The molecular weight excluding hydrogens is 349 g/mol. The van der Waals surface area contributed by atoms with E-state index >= 15 is 0 Å². The first-order valence-corrected chi connectivity index (χ1v) is 7.34. The molecule has 2 rings (SSSR count). The van der Waals surface area contributed by atoms with Gasteiger partial charge < -0.3 is 19.3 Å². The summed E-state index contributed by atoms with van der Waals surface area (Å²) in [6.07, 6.45) is -0.661. The summed E-state index contributed by atoms with van der Waals surface area (Å²) in [5, 5.41) is 0. The second-order valence-electron chi connectivity index (χ2n) is 3.67. The second kappa shape index (κ2) is 4.86. The van der Waals surface area contributed by atoms with E-state index in [-0.39, 0.29) is 0 Å². The van der Waals surface area contributed by atoms with Crippen LogP contribution in [0, 0.1) is 0 Å². The highest BCUT2D eigenvalue weighted by Gasteiger charge is 2.56. The Labute approximate surface area is 115 Å². The van der Waals surface area contributed by atoms with Gasteiger partial charge in [0, 0.05) is 10.0 Å². The molecule has 1 aliphatic rings. The van der Waals surface area contributed by atoms with Gasteiger partial charge in [0.15, 0.2) is 0 Å². The first-order valence-electron chi connectivity index (χ1n) is 4.94. The molecule has 19 heavy (non-hydrogen) atoms. The molecule has 1 aliphatic heterocycles. The van der Waals surface area contributed by atoms with Crippen LogP contribution in [-0.2, 0) is 14.0 Å². The molecule has 1 aromatic carbocycles. The largest absolute Gasteiger partial charge is 0.454 e. The average molecular weight is 357 g/mol. The molecule has 5 nitrogen and oxygen atoms in total. The van der Waals surface area contributed by atoms with E-state index in [1.807, 2.05) is 0 Å². The van der Waals surface area contributed by atoms with Gasteiger partial charge in [-0.05, 0) is 6.07 Å². The van der Waals surface area contributed by atoms with Gasteiger partial charge in [0.2, 0.25) is 5.76 Å². The Morgan fingerprint density at radius 3 is 2.53 bits per heavy atom. The fourth-order valence-electron chi connectivity index (χ4n) is 1.38. The summed E-state index contributed by atoms with van der Waals surface area (Å²) in [5.74, 6) is -1.19. The first kappa shape index (κ1) is 14.5. The first-order chi connectivity index (χ1) is 8.73. The van der Waals surface area contributed by atoms with Crippen LogP contribution in [0.5, 0.6) is 0 Å². The van der Waals surface area contributed by atoms with Crippen molar-refractivity contribution in [3.05, 3.63) is 46.3 Å². The van der Waals surface area contributed by atoms with E-state index < -0.39 is 25.3 Å². The van der Waals surface area contributed by atoms with Gasteiger partial charge in [0.1, 0.15) is 6.26 Å². The van der Waals surface area contributed by atoms with Gasteiger partial charge in [-0.25, -0.2) is 0 Å². The Morgan fingerprint density at radius 1 is 1.32 bits per heavy atom. The topological polar surface area (TPSA) is 76.0 Å². The van der Waals surface area contributed by atoms with Crippen LogP contribution in [0.15, 0.2) is 40.8 Å². The van der Waals surface area contributed by atoms with Gasteiger partial charge in [-0.1, -0.05) is 34.1 Å². The molecule has 1 aromatic rings. The van der Waals surface area contributed by atoms with E-state index in [0.717, 1.165) is 0 Å². The minimum absolute atomic E-state index is 0.426. The molecule has 0 bridgehead atoms. The molecule has 0 amide bonds.